The van der Waals surface area contributed by atoms with Crippen molar-refractivity contribution in [3.63, 3.8) is 0 Å². The van der Waals surface area contributed by atoms with Gasteiger partial charge in [0.05, 0.1) is 50.8 Å². The highest BCUT2D eigenvalue weighted by atomic mass is 16.6. The fourth-order valence-electron chi connectivity index (χ4n) is 3.89. The van der Waals surface area contributed by atoms with Gasteiger partial charge >= 0.3 is 0 Å². The van der Waals surface area contributed by atoms with Crippen molar-refractivity contribution >= 4 is 0 Å². The molecule has 4 heterocycles. The van der Waals surface area contributed by atoms with E-state index in [9.17, 15) is 0 Å². The summed E-state index contributed by atoms with van der Waals surface area (Å²) in [5.41, 5.74) is 2.91. The van der Waals surface area contributed by atoms with Crippen LogP contribution >= 0.6 is 0 Å². The Morgan fingerprint density at radius 2 is 1.00 bits per heavy atom. The molecule has 4 nitrogen and oxygen atoms in total. The molecule has 4 heteroatoms. The second-order valence-corrected chi connectivity index (χ2v) is 7.83. The number of epoxide rings is 4. The van der Waals surface area contributed by atoms with Crippen molar-refractivity contribution in [1.29, 1.82) is 0 Å². The molecule has 0 amide bonds. The fraction of sp³-hybridized carbons (Fsp3) is 0.700. The van der Waals surface area contributed by atoms with Gasteiger partial charge in [-0.25, -0.2) is 0 Å². The van der Waals surface area contributed by atoms with Gasteiger partial charge in [-0.05, 0) is 48.6 Å². The van der Waals surface area contributed by atoms with Crippen molar-refractivity contribution in [3.05, 3.63) is 35.4 Å². The van der Waals surface area contributed by atoms with Gasteiger partial charge in [-0.2, -0.15) is 0 Å². The largest absolute Gasteiger partial charge is 0.373 e. The zero-order valence-corrected chi connectivity index (χ0v) is 14.1. The van der Waals surface area contributed by atoms with E-state index in [1.807, 2.05) is 0 Å². The standard InChI is InChI=1S/C20H26O4/c1-2-13(15(5-17-9-21-17)6-18-10-22-18)4-14(3-1)16(7-19-11-23-19)8-20-12-24-20/h1-4,15-20H,5-12H2. The number of ether oxygens (including phenoxy) is 4. The van der Waals surface area contributed by atoms with E-state index in [0.717, 1.165) is 52.1 Å². The summed E-state index contributed by atoms with van der Waals surface area (Å²) in [7, 11) is 0. The first-order chi connectivity index (χ1) is 11.8. The molecule has 0 spiro atoms. The van der Waals surface area contributed by atoms with Crippen LogP contribution in [0.4, 0.5) is 0 Å². The molecular formula is C20H26O4. The summed E-state index contributed by atoms with van der Waals surface area (Å²) in [5, 5.41) is 0. The lowest BCUT2D eigenvalue weighted by Gasteiger charge is -2.20. The second kappa shape index (κ2) is 6.41. The Bertz CT molecular complexity index is 498. The average molecular weight is 330 g/mol. The molecule has 4 atom stereocenters. The van der Waals surface area contributed by atoms with E-state index in [-0.39, 0.29) is 0 Å². The van der Waals surface area contributed by atoms with Crippen LogP contribution in [-0.2, 0) is 18.9 Å². The topological polar surface area (TPSA) is 50.1 Å². The zero-order valence-electron chi connectivity index (χ0n) is 14.1. The number of rotatable bonds is 10. The third-order valence-corrected chi connectivity index (χ3v) is 5.65. The summed E-state index contributed by atoms with van der Waals surface area (Å²) in [6, 6.07) is 9.24. The lowest BCUT2D eigenvalue weighted by molar-refractivity contribution is 0.343. The molecule has 0 aromatic heterocycles. The lowest BCUT2D eigenvalue weighted by atomic mass is 9.84. The van der Waals surface area contributed by atoms with Gasteiger partial charge in [-0.3, -0.25) is 0 Å². The second-order valence-electron chi connectivity index (χ2n) is 7.83. The predicted molar refractivity (Wildman–Crippen MR) is 89.4 cm³/mol. The molecule has 0 N–H and O–H groups in total. The van der Waals surface area contributed by atoms with E-state index in [4.69, 9.17) is 18.9 Å². The molecular weight excluding hydrogens is 304 g/mol. The Hall–Kier alpha value is -0.940. The van der Waals surface area contributed by atoms with Crippen molar-refractivity contribution in [1.82, 2.24) is 0 Å². The summed E-state index contributed by atoms with van der Waals surface area (Å²) in [5.74, 6) is 1.11. The summed E-state index contributed by atoms with van der Waals surface area (Å²) >= 11 is 0. The first kappa shape index (κ1) is 15.3. The Balaban J connectivity index is 1.33. The highest BCUT2D eigenvalue weighted by Gasteiger charge is 2.35. The molecule has 4 aliphatic rings. The first-order valence-electron chi connectivity index (χ1n) is 9.40. The van der Waals surface area contributed by atoms with Crippen molar-refractivity contribution in [2.45, 2.75) is 61.9 Å². The molecule has 1 aromatic carbocycles. The zero-order chi connectivity index (χ0) is 15.9. The molecule has 1 aromatic rings. The fourth-order valence-corrected chi connectivity index (χ4v) is 3.89. The molecule has 0 aliphatic carbocycles. The summed E-state index contributed by atoms with van der Waals surface area (Å²) < 4.78 is 22.0. The first-order valence-corrected chi connectivity index (χ1v) is 9.40. The highest BCUT2D eigenvalue weighted by Crippen LogP contribution is 2.38. The van der Waals surface area contributed by atoms with Crippen LogP contribution in [0.5, 0.6) is 0 Å². The van der Waals surface area contributed by atoms with Crippen LogP contribution in [0.15, 0.2) is 24.3 Å². The third kappa shape index (κ3) is 4.17. The number of hydrogen-bond acceptors (Lipinski definition) is 4. The minimum Gasteiger partial charge on any atom is -0.373 e. The molecule has 24 heavy (non-hydrogen) atoms. The van der Waals surface area contributed by atoms with Crippen LogP contribution in [0, 0.1) is 0 Å². The molecule has 4 saturated heterocycles. The Morgan fingerprint density at radius 3 is 1.29 bits per heavy atom. The van der Waals surface area contributed by atoms with E-state index >= 15 is 0 Å². The minimum atomic E-state index is 0.466. The van der Waals surface area contributed by atoms with Gasteiger partial charge in [0.25, 0.3) is 0 Å². The van der Waals surface area contributed by atoms with Gasteiger partial charge in [-0.1, -0.05) is 24.3 Å². The van der Waals surface area contributed by atoms with Crippen molar-refractivity contribution in [3.8, 4) is 0 Å². The lowest BCUT2D eigenvalue weighted by Crippen LogP contribution is -2.10. The van der Waals surface area contributed by atoms with Crippen LogP contribution in [0.2, 0.25) is 0 Å². The van der Waals surface area contributed by atoms with Crippen molar-refractivity contribution < 1.29 is 18.9 Å². The maximum absolute atomic E-state index is 5.49. The van der Waals surface area contributed by atoms with Gasteiger partial charge in [0, 0.05) is 0 Å². The van der Waals surface area contributed by atoms with E-state index < -0.39 is 0 Å². The molecule has 4 fully saturated rings. The van der Waals surface area contributed by atoms with E-state index in [1.165, 1.54) is 11.1 Å². The highest BCUT2D eigenvalue weighted by molar-refractivity contribution is 5.30. The van der Waals surface area contributed by atoms with E-state index in [1.54, 1.807) is 0 Å². The smallest absolute Gasteiger partial charge is 0.0815 e. The summed E-state index contributed by atoms with van der Waals surface area (Å²) in [4.78, 5) is 0. The van der Waals surface area contributed by atoms with E-state index in [2.05, 4.69) is 24.3 Å². The SMILES string of the molecule is c1cc(C(CC2CO2)CC2CO2)cc(C(CC2CO2)CC2CO2)c1. The van der Waals surface area contributed by atoms with Gasteiger partial charge in [0.1, 0.15) is 0 Å². The van der Waals surface area contributed by atoms with Crippen LogP contribution in [0.25, 0.3) is 0 Å². The van der Waals surface area contributed by atoms with Gasteiger partial charge in [0.2, 0.25) is 0 Å². The van der Waals surface area contributed by atoms with Gasteiger partial charge < -0.3 is 18.9 Å². The monoisotopic (exact) mass is 330 g/mol. The Kier molecular flexibility index (Phi) is 4.10. The Morgan fingerprint density at radius 1 is 0.667 bits per heavy atom. The molecule has 5 rings (SSSR count). The normalized spacial score (nSPS) is 35.3. The molecule has 4 unspecified atom stereocenters. The maximum atomic E-state index is 5.49. The molecule has 0 radical (unpaired) electrons. The maximum Gasteiger partial charge on any atom is 0.0815 e. The number of hydrogen-bond donors (Lipinski definition) is 0. The van der Waals surface area contributed by atoms with Gasteiger partial charge in [-0.15, -0.1) is 0 Å². The molecule has 0 bridgehead atoms. The third-order valence-electron chi connectivity index (χ3n) is 5.65. The molecule has 130 valence electrons. The van der Waals surface area contributed by atoms with Crippen molar-refractivity contribution in [2.75, 3.05) is 26.4 Å². The van der Waals surface area contributed by atoms with Gasteiger partial charge in [0.15, 0.2) is 0 Å². The molecule has 4 aliphatic heterocycles. The van der Waals surface area contributed by atoms with Crippen LogP contribution in [0.3, 0.4) is 0 Å². The average Bonchev–Trinajstić information content (AvgIpc) is 3.45. The number of benzene rings is 1. The quantitative estimate of drug-likeness (QED) is 0.619. The van der Waals surface area contributed by atoms with Crippen LogP contribution < -0.4 is 0 Å². The summed E-state index contributed by atoms with van der Waals surface area (Å²) in [6.45, 7) is 3.73. The predicted octanol–water partition coefficient (Wildman–Crippen LogP) is 3.01. The van der Waals surface area contributed by atoms with Crippen LogP contribution in [-0.4, -0.2) is 50.8 Å². The van der Waals surface area contributed by atoms with Crippen LogP contribution in [0.1, 0.15) is 48.6 Å². The Labute approximate surface area is 143 Å². The van der Waals surface area contributed by atoms with Crippen molar-refractivity contribution in [2.24, 2.45) is 0 Å². The minimum absolute atomic E-state index is 0.466. The van der Waals surface area contributed by atoms with E-state index in [0.29, 0.717) is 36.3 Å². The summed E-state index contributed by atoms with van der Waals surface area (Å²) in [6.07, 6.45) is 6.38. The molecule has 0 saturated carbocycles.